The molecule has 0 saturated heterocycles. The van der Waals surface area contributed by atoms with Gasteiger partial charge < -0.3 is 10.4 Å². The van der Waals surface area contributed by atoms with E-state index in [2.05, 4.69) is 44.7 Å². The molecule has 0 heterocycles. The minimum atomic E-state index is -5.08. The predicted octanol–water partition coefficient (Wildman–Crippen LogP) is 5.22. The van der Waals surface area contributed by atoms with E-state index < -0.39 is 27.6 Å². The van der Waals surface area contributed by atoms with Gasteiger partial charge in [-0.1, -0.05) is 58.9 Å². The first-order valence-electron chi connectivity index (χ1n) is 11.7. The first kappa shape index (κ1) is 30.1. The zero-order valence-electron chi connectivity index (χ0n) is 21.4. The van der Waals surface area contributed by atoms with Crippen molar-refractivity contribution in [1.82, 2.24) is 5.32 Å². The molecular weight excluding hydrogens is 509 g/mol. The highest BCUT2D eigenvalue weighted by molar-refractivity contribution is 7.92. The topological polar surface area (TPSA) is 113 Å². The van der Waals surface area contributed by atoms with E-state index in [1.807, 2.05) is 24.3 Å². The number of halogens is 3. The fourth-order valence-electron chi connectivity index (χ4n) is 3.44. The first-order chi connectivity index (χ1) is 16.9. The predicted molar refractivity (Wildman–Crippen MR) is 135 cm³/mol. The number of hydrogen-bond donors (Lipinski definition) is 3. The van der Waals surface area contributed by atoms with Gasteiger partial charge in [0, 0.05) is 12.2 Å². The van der Waals surface area contributed by atoms with Crippen molar-refractivity contribution in [3.05, 3.63) is 59.7 Å². The number of anilines is 1. The van der Waals surface area contributed by atoms with Crippen molar-refractivity contribution in [3.8, 4) is 0 Å². The summed E-state index contributed by atoms with van der Waals surface area (Å²) < 4.78 is 59.8. The lowest BCUT2D eigenvalue weighted by molar-refractivity contribution is -0.192. The molecule has 0 unspecified atom stereocenters. The van der Waals surface area contributed by atoms with E-state index in [9.17, 15) is 26.4 Å². The number of carbonyl (C=O) groups excluding carboxylic acids is 1. The first-order valence-corrected chi connectivity index (χ1v) is 13.2. The molecule has 1 aliphatic carbocycles. The molecule has 2 aromatic carbocycles. The molecule has 0 atom stereocenters. The molecule has 0 radical (unpaired) electrons. The lowest BCUT2D eigenvalue weighted by Crippen LogP contribution is -2.36. The molecule has 1 amide bonds. The maximum Gasteiger partial charge on any atom is 0.490 e. The fourth-order valence-corrected chi connectivity index (χ4v) is 4.50. The summed E-state index contributed by atoms with van der Waals surface area (Å²) in [5, 5.41) is 10.1. The molecule has 3 rings (SSSR count). The SMILES string of the molecule is CC(C)CNC(=O)C1(c2ccc(NS(=O)(=O)c3ccc(C(C)(C)C)cc3)cc2)CC1.O=C(O)C(F)(F)F. The largest absolute Gasteiger partial charge is 0.490 e. The molecule has 0 spiro atoms. The van der Waals surface area contributed by atoms with Crippen LogP contribution in [0.3, 0.4) is 0 Å². The van der Waals surface area contributed by atoms with E-state index >= 15 is 0 Å². The van der Waals surface area contributed by atoms with E-state index in [-0.39, 0.29) is 16.2 Å². The average molecular weight is 543 g/mol. The molecule has 204 valence electrons. The molecule has 1 fully saturated rings. The summed E-state index contributed by atoms with van der Waals surface area (Å²) in [7, 11) is -3.67. The Hall–Kier alpha value is -3.08. The summed E-state index contributed by atoms with van der Waals surface area (Å²) in [6.45, 7) is 11.1. The Labute approximate surface area is 215 Å². The monoisotopic (exact) mass is 542 g/mol. The third-order valence-electron chi connectivity index (χ3n) is 5.82. The number of rotatable bonds is 7. The second kappa shape index (κ2) is 11.1. The highest BCUT2D eigenvalue weighted by Gasteiger charge is 2.51. The minimum absolute atomic E-state index is 0.0359. The van der Waals surface area contributed by atoms with Gasteiger partial charge in [0.05, 0.1) is 10.3 Å². The van der Waals surface area contributed by atoms with Gasteiger partial charge in [-0.3, -0.25) is 9.52 Å². The van der Waals surface area contributed by atoms with Crippen LogP contribution in [0.1, 0.15) is 58.6 Å². The average Bonchev–Trinajstić information content (AvgIpc) is 3.59. The molecule has 11 heteroatoms. The van der Waals surface area contributed by atoms with Crippen LogP contribution in [-0.4, -0.2) is 38.1 Å². The van der Waals surface area contributed by atoms with Crippen LogP contribution in [-0.2, 0) is 30.4 Å². The molecule has 2 aromatic rings. The summed E-state index contributed by atoms with van der Waals surface area (Å²) in [5.74, 6) is -2.30. The molecule has 7 nitrogen and oxygen atoms in total. The summed E-state index contributed by atoms with van der Waals surface area (Å²) >= 11 is 0. The molecule has 1 saturated carbocycles. The number of carboxylic acid groups (broad SMARTS) is 1. The number of hydrogen-bond acceptors (Lipinski definition) is 4. The van der Waals surface area contributed by atoms with Crippen molar-refractivity contribution in [3.63, 3.8) is 0 Å². The van der Waals surface area contributed by atoms with Gasteiger partial charge in [-0.2, -0.15) is 13.2 Å². The molecule has 0 aromatic heterocycles. The van der Waals surface area contributed by atoms with Crippen molar-refractivity contribution in [1.29, 1.82) is 0 Å². The molecule has 37 heavy (non-hydrogen) atoms. The van der Waals surface area contributed by atoms with Crippen molar-refractivity contribution in [2.45, 2.75) is 69.4 Å². The Morgan fingerprint density at radius 3 is 1.84 bits per heavy atom. The summed E-state index contributed by atoms with van der Waals surface area (Å²) in [4.78, 5) is 21.7. The summed E-state index contributed by atoms with van der Waals surface area (Å²) in [6.07, 6.45) is -3.44. The summed E-state index contributed by atoms with van der Waals surface area (Å²) in [5.41, 5.74) is 2.00. The lowest BCUT2D eigenvalue weighted by Gasteiger charge is -2.19. The van der Waals surface area contributed by atoms with Crippen LogP contribution < -0.4 is 10.0 Å². The molecule has 0 bridgehead atoms. The Balaban J connectivity index is 0.000000604. The number of aliphatic carboxylic acids is 1. The highest BCUT2D eigenvalue weighted by atomic mass is 32.2. The van der Waals surface area contributed by atoms with Gasteiger partial charge >= 0.3 is 12.1 Å². The quantitative estimate of drug-likeness (QED) is 0.444. The molecule has 1 aliphatic rings. The lowest BCUT2D eigenvalue weighted by atomic mass is 9.87. The van der Waals surface area contributed by atoms with Gasteiger partial charge in [0.25, 0.3) is 10.0 Å². The molecule has 3 N–H and O–H groups in total. The van der Waals surface area contributed by atoms with Crippen LogP contribution in [0.15, 0.2) is 53.4 Å². The number of benzene rings is 2. The van der Waals surface area contributed by atoms with Gasteiger partial charge in [0.15, 0.2) is 0 Å². The number of carboxylic acids is 1. The van der Waals surface area contributed by atoms with E-state index in [0.717, 1.165) is 24.0 Å². The van der Waals surface area contributed by atoms with Crippen LogP contribution in [0.2, 0.25) is 0 Å². The maximum absolute atomic E-state index is 12.7. The maximum atomic E-state index is 12.7. The van der Waals surface area contributed by atoms with E-state index in [1.165, 1.54) is 0 Å². The third-order valence-corrected chi connectivity index (χ3v) is 7.22. The number of sulfonamides is 1. The fraction of sp³-hybridized carbons (Fsp3) is 0.462. The third kappa shape index (κ3) is 8.21. The Morgan fingerprint density at radius 2 is 1.46 bits per heavy atom. The van der Waals surface area contributed by atoms with E-state index in [1.54, 1.807) is 24.3 Å². The summed E-state index contributed by atoms with van der Waals surface area (Å²) in [6, 6.07) is 14.1. The Morgan fingerprint density at radius 1 is 0.973 bits per heavy atom. The van der Waals surface area contributed by atoms with E-state index in [0.29, 0.717) is 18.2 Å². The number of nitrogens with one attached hydrogen (secondary N) is 2. The second-order valence-electron chi connectivity index (χ2n) is 10.4. The van der Waals surface area contributed by atoms with E-state index in [4.69, 9.17) is 9.90 Å². The van der Waals surface area contributed by atoms with Crippen LogP contribution in [0.4, 0.5) is 18.9 Å². The van der Waals surface area contributed by atoms with Crippen molar-refractivity contribution < 1.29 is 36.3 Å². The van der Waals surface area contributed by atoms with Crippen LogP contribution in [0.5, 0.6) is 0 Å². The zero-order valence-corrected chi connectivity index (χ0v) is 22.3. The normalized spacial score (nSPS) is 14.8. The molecule has 0 aliphatic heterocycles. The molecular formula is C26H33F3N2O5S. The highest BCUT2D eigenvalue weighted by Crippen LogP contribution is 2.48. The van der Waals surface area contributed by atoms with Gasteiger partial charge in [-0.15, -0.1) is 0 Å². The Bertz CT molecular complexity index is 1200. The van der Waals surface area contributed by atoms with Gasteiger partial charge in [0.2, 0.25) is 5.91 Å². The minimum Gasteiger partial charge on any atom is -0.475 e. The van der Waals surface area contributed by atoms with Crippen molar-refractivity contribution >= 4 is 27.6 Å². The Kier molecular flexibility index (Phi) is 9.06. The number of carbonyl (C=O) groups is 2. The van der Waals surface area contributed by atoms with Crippen LogP contribution in [0, 0.1) is 5.92 Å². The van der Waals surface area contributed by atoms with Gasteiger partial charge in [0.1, 0.15) is 0 Å². The second-order valence-corrected chi connectivity index (χ2v) is 12.1. The van der Waals surface area contributed by atoms with Crippen LogP contribution in [0.25, 0.3) is 0 Å². The number of amides is 1. The number of alkyl halides is 3. The smallest absolute Gasteiger partial charge is 0.475 e. The van der Waals surface area contributed by atoms with Crippen molar-refractivity contribution in [2.75, 3.05) is 11.3 Å². The van der Waals surface area contributed by atoms with Crippen molar-refractivity contribution in [2.24, 2.45) is 5.92 Å². The zero-order chi connectivity index (χ0) is 28.2. The standard InChI is InChI=1S/C24H32N2O3S.C2HF3O2/c1-17(2)16-25-22(27)24(14-15-24)19-6-10-20(11-7-19)26-30(28,29)21-12-8-18(9-13-21)23(3,4)5;3-2(4,5)1(6)7/h6-13,17,26H,14-16H2,1-5H3,(H,25,27);(H,6,7). The van der Waals surface area contributed by atoms with Gasteiger partial charge in [-0.25, -0.2) is 13.2 Å². The van der Waals surface area contributed by atoms with Crippen LogP contribution >= 0.6 is 0 Å². The van der Waals surface area contributed by atoms with Gasteiger partial charge in [-0.05, 0) is 59.6 Å².